The molecule has 0 saturated carbocycles. The summed E-state index contributed by atoms with van der Waals surface area (Å²) in [6.45, 7) is 5.77. The SMILES string of the molecule is COc1cc(C)c2[nH]c(=O)c(CC(C)(C)N)cc2c1. The van der Waals surface area contributed by atoms with Crippen LogP contribution in [0.3, 0.4) is 0 Å². The Morgan fingerprint density at radius 3 is 2.58 bits per heavy atom. The van der Waals surface area contributed by atoms with E-state index in [0.717, 1.165) is 22.2 Å². The number of methoxy groups -OCH3 is 1. The molecule has 0 aliphatic heterocycles. The number of ether oxygens (including phenoxy) is 1. The summed E-state index contributed by atoms with van der Waals surface area (Å²) in [7, 11) is 1.64. The summed E-state index contributed by atoms with van der Waals surface area (Å²) in [5, 5.41) is 0.968. The number of aromatic nitrogens is 1. The Balaban J connectivity index is 2.63. The molecule has 0 aliphatic carbocycles. The zero-order valence-electron chi connectivity index (χ0n) is 11.8. The number of H-pyrrole nitrogens is 1. The number of fused-ring (bicyclic) bond motifs is 1. The third-order valence-electron chi connectivity index (χ3n) is 3.08. The van der Waals surface area contributed by atoms with Crippen LogP contribution < -0.4 is 16.0 Å². The highest BCUT2D eigenvalue weighted by atomic mass is 16.5. The molecular formula is C15H20N2O2. The normalized spacial score (nSPS) is 11.8. The van der Waals surface area contributed by atoms with Crippen molar-refractivity contribution in [1.82, 2.24) is 4.98 Å². The van der Waals surface area contributed by atoms with Crippen molar-refractivity contribution in [3.8, 4) is 5.75 Å². The Morgan fingerprint density at radius 1 is 1.32 bits per heavy atom. The van der Waals surface area contributed by atoms with E-state index in [9.17, 15) is 4.79 Å². The molecule has 0 unspecified atom stereocenters. The first-order valence-corrected chi connectivity index (χ1v) is 6.29. The Bertz CT molecular complexity index is 666. The second-order valence-corrected chi connectivity index (χ2v) is 5.70. The molecule has 0 spiro atoms. The lowest BCUT2D eigenvalue weighted by Crippen LogP contribution is -2.36. The number of nitrogens with one attached hydrogen (secondary N) is 1. The third-order valence-corrected chi connectivity index (χ3v) is 3.08. The quantitative estimate of drug-likeness (QED) is 0.888. The van der Waals surface area contributed by atoms with Gasteiger partial charge in [0.1, 0.15) is 5.75 Å². The molecule has 1 aromatic heterocycles. The van der Waals surface area contributed by atoms with Crippen molar-refractivity contribution in [3.63, 3.8) is 0 Å². The van der Waals surface area contributed by atoms with Crippen molar-refractivity contribution >= 4 is 10.9 Å². The fourth-order valence-corrected chi connectivity index (χ4v) is 2.25. The maximum atomic E-state index is 12.1. The van der Waals surface area contributed by atoms with Gasteiger partial charge in [-0.1, -0.05) is 0 Å². The van der Waals surface area contributed by atoms with Crippen LogP contribution in [0, 0.1) is 6.92 Å². The molecule has 0 atom stereocenters. The highest BCUT2D eigenvalue weighted by molar-refractivity contribution is 5.83. The third kappa shape index (κ3) is 2.96. The Morgan fingerprint density at radius 2 is 2.00 bits per heavy atom. The number of benzene rings is 1. The molecule has 4 heteroatoms. The summed E-state index contributed by atoms with van der Waals surface area (Å²) in [6.07, 6.45) is 0.536. The number of rotatable bonds is 3. The zero-order valence-corrected chi connectivity index (χ0v) is 11.8. The van der Waals surface area contributed by atoms with Crippen LogP contribution in [-0.2, 0) is 6.42 Å². The van der Waals surface area contributed by atoms with E-state index in [-0.39, 0.29) is 5.56 Å². The molecule has 0 aliphatic rings. The van der Waals surface area contributed by atoms with Crippen LogP contribution in [0.2, 0.25) is 0 Å². The maximum absolute atomic E-state index is 12.1. The van der Waals surface area contributed by atoms with E-state index in [1.807, 2.05) is 39.0 Å². The molecule has 3 N–H and O–H groups in total. The topological polar surface area (TPSA) is 68.1 Å². The van der Waals surface area contributed by atoms with Crippen LogP contribution in [-0.4, -0.2) is 17.6 Å². The molecule has 1 aromatic carbocycles. The van der Waals surface area contributed by atoms with Gasteiger partial charge in [-0.3, -0.25) is 4.79 Å². The molecule has 0 saturated heterocycles. The predicted molar refractivity (Wildman–Crippen MR) is 77.8 cm³/mol. The fourth-order valence-electron chi connectivity index (χ4n) is 2.25. The standard InChI is InChI=1S/C15H20N2O2/c1-9-5-12(19-4)7-10-6-11(8-15(2,3)16)14(18)17-13(9)10/h5-7H,8,16H2,1-4H3,(H,17,18). The largest absolute Gasteiger partial charge is 0.497 e. The minimum absolute atomic E-state index is 0.0701. The highest BCUT2D eigenvalue weighted by Crippen LogP contribution is 2.23. The van der Waals surface area contributed by atoms with Crippen LogP contribution in [0.15, 0.2) is 23.0 Å². The van der Waals surface area contributed by atoms with Crippen LogP contribution in [0.5, 0.6) is 5.75 Å². The lowest BCUT2D eigenvalue weighted by Gasteiger charge is -2.18. The summed E-state index contributed by atoms with van der Waals surface area (Å²) in [4.78, 5) is 15.0. The van der Waals surface area contributed by atoms with Crippen LogP contribution in [0.4, 0.5) is 0 Å². The Kier molecular flexibility index (Phi) is 3.37. The monoisotopic (exact) mass is 260 g/mol. The lowest BCUT2D eigenvalue weighted by molar-refractivity contribution is 0.415. The maximum Gasteiger partial charge on any atom is 0.251 e. The number of nitrogens with two attached hydrogens (primary N) is 1. The van der Waals surface area contributed by atoms with Crippen molar-refractivity contribution in [2.45, 2.75) is 32.7 Å². The smallest absolute Gasteiger partial charge is 0.251 e. The van der Waals surface area contributed by atoms with Gasteiger partial charge >= 0.3 is 0 Å². The van der Waals surface area contributed by atoms with Gasteiger partial charge in [0.2, 0.25) is 0 Å². The van der Waals surface area contributed by atoms with Crippen LogP contribution in [0.1, 0.15) is 25.0 Å². The van der Waals surface area contributed by atoms with Crippen LogP contribution >= 0.6 is 0 Å². The fraction of sp³-hybridized carbons (Fsp3) is 0.400. The zero-order chi connectivity index (χ0) is 14.2. The van der Waals surface area contributed by atoms with Gasteiger partial charge in [0.15, 0.2) is 0 Å². The first kappa shape index (κ1) is 13.6. The molecule has 19 heavy (non-hydrogen) atoms. The predicted octanol–water partition coefficient (Wildman–Crippen LogP) is 2.12. The second-order valence-electron chi connectivity index (χ2n) is 5.70. The number of aromatic amines is 1. The van der Waals surface area contributed by atoms with Gasteiger partial charge in [0.25, 0.3) is 5.56 Å². The van der Waals surface area contributed by atoms with Crippen LogP contribution in [0.25, 0.3) is 10.9 Å². The van der Waals surface area contributed by atoms with Crippen molar-refractivity contribution in [1.29, 1.82) is 0 Å². The first-order valence-electron chi connectivity index (χ1n) is 6.29. The molecule has 0 radical (unpaired) electrons. The Hall–Kier alpha value is -1.81. The molecule has 4 nitrogen and oxygen atoms in total. The van der Waals surface area contributed by atoms with Gasteiger partial charge in [-0.2, -0.15) is 0 Å². The van der Waals surface area contributed by atoms with E-state index in [1.54, 1.807) is 7.11 Å². The molecule has 0 bridgehead atoms. The Labute approximate surface area is 112 Å². The molecule has 0 fully saturated rings. The van der Waals surface area contributed by atoms with E-state index < -0.39 is 5.54 Å². The van der Waals surface area contributed by atoms with Crippen molar-refractivity contribution in [3.05, 3.63) is 39.7 Å². The van der Waals surface area contributed by atoms with Gasteiger partial charge in [0.05, 0.1) is 12.6 Å². The average Bonchev–Trinajstić information content (AvgIpc) is 2.29. The molecule has 2 rings (SSSR count). The second kappa shape index (κ2) is 4.70. The summed E-state index contributed by atoms with van der Waals surface area (Å²) >= 11 is 0. The van der Waals surface area contributed by atoms with E-state index in [0.29, 0.717) is 12.0 Å². The average molecular weight is 260 g/mol. The summed E-state index contributed by atoms with van der Waals surface area (Å²) < 4.78 is 5.26. The summed E-state index contributed by atoms with van der Waals surface area (Å²) in [5.74, 6) is 0.787. The number of aryl methyl sites for hydroxylation is 1. The van der Waals surface area contributed by atoms with E-state index in [4.69, 9.17) is 10.5 Å². The van der Waals surface area contributed by atoms with Gasteiger partial charge < -0.3 is 15.5 Å². The molecule has 0 amide bonds. The van der Waals surface area contributed by atoms with Crippen molar-refractivity contribution < 1.29 is 4.74 Å². The molecule has 102 valence electrons. The summed E-state index contributed by atoms with van der Waals surface area (Å²) in [5.41, 5.74) is 8.05. The van der Waals surface area contributed by atoms with Crippen molar-refractivity contribution in [2.24, 2.45) is 5.73 Å². The van der Waals surface area contributed by atoms with Gasteiger partial charge in [-0.15, -0.1) is 0 Å². The van der Waals surface area contributed by atoms with Gasteiger partial charge in [-0.25, -0.2) is 0 Å². The van der Waals surface area contributed by atoms with E-state index in [1.165, 1.54) is 0 Å². The number of pyridine rings is 1. The molecular weight excluding hydrogens is 240 g/mol. The lowest BCUT2D eigenvalue weighted by atomic mass is 9.96. The minimum Gasteiger partial charge on any atom is -0.497 e. The van der Waals surface area contributed by atoms with Crippen molar-refractivity contribution in [2.75, 3.05) is 7.11 Å². The number of hydrogen-bond acceptors (Lipinski definition) is 3. The molecule has 2 aromatic rings. The van der Waals surface area contributed by atoms with Gasteiger partial charge in [-0.05, 0) is 51.0 Å². The number of hydrogen-bond donors (Lipinski definition) is 2. The highest BCUT2D eigenvalue weighted by Gasteiger charge is 2.15. The van der Waals surface area contributed by atoms with Gasteiger partial charge in [0, 0.05) is 16.5 Å². The molecule has 1 heterocycles. The minimum atomic E-state index is -0.408. The first-order chi connectivity index (χ1) is 8.80. The summed E-state index contributed by atoms with van der Waals surface area (Å²) in [6, 6.07) is 5.73. The van der Waals surface area contributed by atoms with E-state index >= 15 is 0 Å². The van der Waals surface area contributed by atoms with E-state index in [2.05, 4.69) is 4.98 Å².